The number of phenols is 1. The molecule has 3 rings (SSSR count). The van der Waals surface area contributed by atoms with E-state index in [1.54, 1.807) is 56.7 Å². The molecule has 1 aliphatic heterocycles. The van der Waals surface area contributed by atoms with Crippen molar-refractivity contribution in [1.29, 1.82) is 0 Å². The van der Waals surface area contributed by atoms with E-state index in [1.807, 2.05) is 0 Å². The standard InChI is InChI=1S/C19H18O5/c1-22-17-7-5-12(11-18(17)23-2)10-15(20)13-6-8-16-14(19(13)21)4-3-9-24-16/h3-8,11,21H,9-10H2,1-2H3. The van der Waals surface area contributed by atoms with Gasteiger partial charge in [-0.15, -0.1) is 0 Å². The number of methoxy groups -OCH3 is 2. The summed E-state index contributed by atoms with van der Waals surface area (Å²) >= 11 is 0. The highest BCUT2D eigenvalue weighted by atomic mass is 16.5. The minimum absolute atomic E-state index is 0.0473. The summed E-state index contributed by atoms with van der Waals surface area (Å²) in [6.07, 6.45) is 3.71. The second-order valence-electron chi connectivity index (χ2n) is 5.38. The molecule has 0 aliphatic carbocycles. The summed E-state index contributed by atoms with van der Waals surface area (Å²) in [7, 11) is 3.11. The Hall–Kier alpha value is -2.95. The van der Waals surface area contributed by atoms with Gasteiger partial charge in [0.2, 0.25) is 0 Å². The number of carbonyl (C=O) groups excluding carboxylic acids is 1. The second-order valence-corrected chi connectivity index (χ2v) is 5.38. The Labute approximate surface area is 140 Å². The van der Waals surface area contributed by atoms with Crippen LogP contribution in [0.15, 0.2) is 36.4 Å². The lowest BCUT2D eigenvalue weighted by Gasteiger charge is -2.15. The molecular weight excluding hydrogens is 308 g/mol. The van der Waals surface area contributed by atoms with Gasteiger partial charge in [-0.1, -0.05) is 6.07 Å². The molecule has 0 aromatic heterocycles. The van der Waals surface area contributed by atoms with Crippen molar-refractivity contribution >= 4 is 11.9 Å². The number of hydrogen-bond acceptors (Lipinski definition) is 5. The molecule has 1 heterocycles. The largest absolute Gasteiger partial charge is 0.506 e. The first-order valence-corrected chi connectivity index (χ1v) is 7.53. The van der Waals surface area contributed by atoms with Crippen LogP contribution in [-0.4, -0.2) is 31.7 Å². The zero-order chi connectivity index (χ0) is 17.1. The smallest absolute Gasteiger partial charge is 0.170 e. The molecule has 2 aromatic rings. The van der Waals surface area contributed by atoms with E-state index in [4.69, 9.17) is 14.2 Å². The number of aromatic hydroxyl groups is 1. The zero-order valence-electron chi connectivity index (χ0n) is 13.5. The molecule has 2 aromatic carbocycles. The third kappa shape index (κ3) is 2.93. The Kier molecular flexibility index (Phi) is 4.42. The maximum Gasteiger partial charge on any atom is 0.170 e. The van der Waals surface area contributed by atoms with Crippen molar-refractivity contribution in [3.8, 4) is 23.0 Å². The molecule has 0 spiro atoms. The van der Waals surface area contributed by atoms with Crippen molar-refractivity contribution in [3.05, 3.63) is 53.1 Å². The van der Waals surface area contributed by atoms with E-state index in [9.17, 15) is 9.90 Å². The fraction of sp³-hybridized carbons (Fsp3) is 0.211. The van der Waals surface area contributed by atoms with Crippen LogP contribution < -0.4 is 14.2 Å². The summed E-state index contributed by atoms with van der Waals surface area (Å²) in [6.45, 7) is 0.464. The Morgan fingerprint density at radius 3 is 2.71 bits per heavy atom. The van der Waals surface area contributed by atoms with Crippen LogP contribution in [0, 0.1) is 0 Å². The van der Waals surface area contributed by atoms with E-state index in [2.05, 4.69) is 0 Å². The van der Waals surface area contributed by atoms with Crippen LogP contribution in [0.2, 0.25) is 0 Å². The van der Waals surface area contributed by atoms with Gasteiger partial charge >= 0.3 is 0 Å². The predicted octanol–water partition coefficient (Wildman–Crippen LogP) is 3.24. The average Bonchev–Trinajstić information content (AvgIpc) is 2.62. The van der Waals surface area contributed by atoms with Gasteiger partial charge in [-0.2, -0.15) is 0 Å². The van der Waals surface area contributed by atoms with Crippen LogP contribution >= 0.6 is 0 Å². The number of fused-ring (bicyclic) bond motifs is 1. The molecule has 5 heteroatoms. The van der Waals surface area contributed by atoms with Crippen molar-refractivity contribution in [3.63, 3.8) is 0 Å². The van der Waals surface area contributed by atoms with Crippen molar-refractivity contribution in [2.75, 3.05) is 20.8 Å². The first kappa shape index (κ1) is 15.9. The van der Waals surface area contributed by atoms with Gasteiger partial charge in [0.05, 0.1) is 25.3 Å². The number of carbonyl (C=O) groups is 1. The summed E-state index contributed by atoms with van der Waals surface area (Å²) in [5, 5.41) is 10.4. The molecule has 124 valence electrons. The maximum absolute atomic E-state index is 12.6. The highest BCUT2D eigenvalue weighted by molar-refractivity contribution is 6.01. The Morgan fingerprint density at radius 1 is 1.17 bits per heavy atom. The van der Waals surface area contributed by atoms with Gasteiger partial charge in [-0.25, -0.2) is 0 Å². The van der Waals surface area contributed by atoms with Gasteiger partial charge in [0.1, 0.15) is 18.1 Å². The molecule has 1 N–H and O–H groups in total. The molecular formula is C19H18O5. The lowest BCUT2D eigenvalue weighted by atomic mass is 9.98. The van der Waals surface area contributed by atoms with Crippen LogP contribution in [0.1, 0.15) is 21.5 Å². The first-order valence-electron chi connectivity index (χ1n) is 7.53. The topological polar surface area (TPSA) is 65.0 Å². The summed E-state index contributed by atoms with van der Waals surface area (Å²) < 4.78 is 15.9. The normalized spacial score (nSPS) is 12.2. The predicted molar refractivity (Wildman–Crippen MR) is 90.2 cm³/mol. The summed E-state index contributed by atoms with van der Waals surface area (Å²) in [6, 6.07) is 8.62. The zero-order valence-corrected chi connectivity index (χ0v) is 13.5. The van der Waals surface area contributed by atoms with Gasteiger partial charge in [-0.05, 0) is 42.0 Å². The van der Waals surface area contributed by atoms with Crippen molar-refractivity contribution in [2.45, 2.75) is 6.42 Å². The second kappa shape index (κ2) is 6.66. The third-order valence-electron chi connectivity index (χ3n) is 3.91. The Morgan fingerprint density at radius 2 is 1.96 bits per heavy atom. The molecule has 0 atom stereocenters. The third-order valence-corrected chi connectivity index (χ3v) is 3.91. The SMILES string of the molecule is COc1ccc(CC(=O)c2ccc3c(c2O)C=CCO3)cc1OC. The number of rotatable bonds is 5. The maximum atomic E-state index is 12.6. The van der Waals surface area contributed by atoms with Crippen molar-refractivity contribution in [2.24, 2.45) is 0 Å². The minimum Gasteiger partial charge on any atom is -0.506 e. The molecule has 0 fully saturated rings. The Bertz CT molecular complexity index is 808. The number of hydrogen-bond donors (Lipinski definition) is 1. The van der Waals surface area contributed by atoms with Gasteiger partial charge in [-0.3, -0.25) is 4.79 Å². The van der Waals surface area contributed by atoms with E-state index in [1.165, 1.54) is 0 Å². The average molecular weight is 326 g/mol. The lowest BCUT2D eigenvalue weighted by molar-refractivity contribution is 0.0990. The van der Waals surface area contributed by atoms with E-state index in [0.717, 1.165) is 5.56 Å². The summed E-state index contributed by atoms with van der Waals surface area (Å²) in [4.78, 5) is 12.6. The van der Waals surface area contributed by atoms with E-state index >= 15 is 0 Å². The van der Waals surface area contributed by atoms with E-state index in [-0.39, 0.29) is 23.5 Å². The lowest BCUT2D eigenvalue weighted by Crippen LogP contribution is -2.07. The van der Waals surface area contributed by atoms with Crippen LogP contribution in [0.25, 0.3) is 6.08 Å². The molecule has 1 aliphatic rings. The summed E-state index contributed by atoms with van der Waals surface area (Å²) in [5.41, 5.74) is 1.60. The molecule has 0 unspecified atom stereocenters. The van der Waals surface area contributed by atoms with Crippen LogP contribution in [-0.2, 0) is 6.42 Å². The Balaban J connectivity index is 1.87. The van der Waals surface area contributed by atoms with Crippen molar-refractivity contribution in [1.82, 2.24) is 0 Å². The molecule has 0 bridgehead atoms. The monoisotopic (exact) mass is 326 g/mol. The number of ether oxygens (including phenoxy) is 3. The molecule has 24 heavy (non-hydrogen) atoms. The highest BCUT2D eigenvalue weighted by Crippen LogP contribution is 2.35. The minimum atomic E-state index is -0.179. The number of phenolic OH excluding ortho intramolecular Hbond substituents is 1. The molecule has 0 saturated heterocycles. The number of benzene rings is 2. The van der Waals surface area contributed by atoms with Gasteiger partial charge < -0.3 is 19.3 Å². The van der Waals surface area contributed by atoms with Crippen LogP contribution in [0.3, 0.4) is 0 Å². The van der Waals surface area contributed by atoms with E-state index in [0.29, 0.717) is 29.4 Å². The highest BCUT2D eigenvalue weighted by Gasteiger charge is 2.19. The van der Waals surface area contributed by atoms with Crippen LogP contribution in [0.5, 0.6) is 23.0 Å². The molecule has 0 radical (unpaired) electrons. The molecule has 0 saturated carbocycles. The fourth-order valence-corrected chi connectivity index (χ4v) is 2.68. The van der Waals surface area contributed by atoms with Crippen LogP contribution in [0.4, 0.5) is 0 Å². The molecule has 0 amide bonds. The van der Waals surface area contributed by atoms with Gasteiger partial charge in [0.15, 0.2) is 17.3 Å². The quantitative estimate of drug-likeness (QED) is 0.855. The van der Waals surface area contributed by atoms with Gasteiger partial charge in [0, 0.05) is 6.42 Å². The molecule has 5 nitrogen and oxygen atoms in total. The van der Waals surface area contributed by atoms with Crippen molar-refractivity contribution < 1.29 is 24.1 Å². The summed E-state index contributed by atoms with van der Waals surface area (Å²) in [5.74, 6) is 1.52. The number of ketones is 1. The van der Waals surface area contributed by atoms with Gasteiger partial charge in [0.25, 0.3) is 0 Å². The number of Topliss-reactive ketones (excluding diaryl/α,β-unsaturated/α-hetero) is 1. The van der Waals surface area contributed by atoms with E-state index < -0.39 is 0 Å². The first-order chi connectivity index (χ1) is 11.6. The fourth-order valence-electron chi connectivity index (χ4n) is 2.68.